The van der Waals surface area contributed by atoms with Crippen molar-refractivity contribution in [3.05, 3.63) is 24.2 Å². The zero-order valence-corrected chi connectivity index (χ0v) is 20.9. The number of piperidine rings is 1. The molecule has 3 rings (SSSR count). The van der Waals surface area contributed by atoms with Crippen molar-refractivity contribution in [2.45, 2.75) is 51.7 Å². The average molecular weight is 493 g/mol. The molecule has 11 heteroatoms. The highest BCUT2D eigenvalue weighted by molar-refractivity contribution is 5.94. The third-order valence-corrected chi connectivity index (χ3v) is 6.51. The zero-order chi connectivity index (χ0) is 25.6. The first-order valence-corrected chi connectivity index (χ1v) is 11.9. The number of urea groups is 1. The van der Waals surface area contributed by atoms with Crippen LogP contribution >= 0.6 is 0 Å². The predicted octanol–water partition coefficient (Wildman–Crippen LogP) is 1.39. The van der Waals surface area contributed by atoms with Gasteiger partial charge in [-0.1, -0.05) is 0 Å². The fourth-order valence-corrected chi connectivity index (χ4v) is 4.39. The molecule has 0 saturated carbocycles. The van der Waals surface area contributed by atoms with E-state index in [0.717, 1.165) is 19.3 Å². The Bertz CT molecular complexity index is 901. The van der Waals surface area contributed by atoms with Crippen LogP contribution in [0, 0.1) is 5.41 Å². The van der Waals surface area contributed by atoms with Crippen LogP contribution in [-0.4, -0.2) is 91.7 Å². The lowest BCUT2D eigenvalue weighted by Crippen LogP contribution is -2.51. The van der Waals surface area contributed by atoms with Crippen LogP contribution in [0.3, 0.4) is 0 Å². The first-order chi connectivity index (χ1) is 16.5. The number of nitrogens with zero attached hydrogens (tertiary/aromatic N) is 2. The van der Waals surface area contributed by atoms with Gasteiger partial charge < -0.3 is 34.3 Å². The van der Waals surface area contributed by atoms with Crippen molar-refractivity contribution in [2.24, 2.45) is 5.41 Å². The Morgan fingerprint density at radius 1 is 1.11 bits per heavy atom. The van der Waals surface area contributed by atoms with Crippen LogP contribution in [0.5, 0.6) is 0 Å². The van der Waals surface area contributed by atoms with Crippen LogP contribution in [0.25, 0.3) is 0 Å². The van der Waals surface area contributed by atoms with Crippen LogP contribution in [0.2, 0.25) is 0 Å². The molecule has 194 valence electrons. The molecule has 35 heavy (non-hydrogen) atoms. The lowest BCUT2D eigenvalue weighted by Gasteiger charge is -2.39. The van der Waals surface area contributed by atoms with E-state index in [0.29, 0.717) is 26.2 Å². The Labute approximate surface area is 205 Å². The predicted molar refractivity (Wildman–Crippen MR) is 126 cm³/mol. The molecular weight excluding hydrogens is 456 g/mol. The van der Waals surface area contributed by atoms with E-state index in [1.54, 1.807) is 15.9 Å². The lowest BCUT2D eigenvalue weighted by atomic mass is 9.78. The summed E-state index contributed by atoms with van der Waals surface area (Å²) >= 11 is 0. The van der Waals surface area contributed by atoms with Crippen LogP contribution in [0.4, 0.5) is 4.79 Å². The average Bonchev–Trinajstić information content (AvgIpc) is 3.50. The largest absolute Gasteiger partial charge is 0.467 e. The molecule has 1 aromatic rings. The molecule has 2 aliphatic heterocycles. The minimum atomic E-state index is -0.890. The highest BCUT2D eigenvalue weighted by Crippen LogP contribution is 2.40. The number of furan rings is 1. The zero-order valence-electron chi connectivity index (χ0n) is 20.9. The second-order valence-corrected chi connectivity index (χ2v) is 10.2. The number of esters is 1. The second-order valence-electron chi connectivity index (χ2n) is 10.2. The highest BCUT2D eigenvalue weighted by atomic mass is 16.5. The van der Waals surface area contributed by atoms with E-state index in [1.807, 2.05) is 20.8 Å². The summed E-state index contributed by atoms with van der Waals surface area (Å²) in [5.74, 6) is -0.957. The summed E-state index contributed by atoms with van der Waals surface area (Å²) in [4.78, 5) is 53.0. The van der Waals surface area contributed by atoms with E-state index >= 15 is 0 Å². The quantitative estimate of drug-likeness (QED) is 0.550. The number of hydrogen-bond donors (Lipinski definition) is 2. The maximum absolute atomic E-state index is 12.9. The fourth-order valence-electron chi connectivity index (χ4n) is 4.39. The van der Waals surface area contributed by atoms with Crippen molar-refractivity contribution < 1.29 is 33.1 Å². The summed E-state index contributed by atoms with van der Waals surface area (Å²) in [5, 5.41) is 5.33. The highest BCUT2D eigenvalue weighted by Gasteiger charge is 2.43. The summed E-state index contributed by atoms with van der Waals surface area (Å²) in [6.45, 7) is 7.81. The maximum atomic E-state index is 12.9. The summed E-state index contributed by atoms with van der Waals surface area (Å²) in [5.41, 5.74) is -0.518. The molecule has 1 spiro atoms. The van der Waals surface area contributed by atoms with Gasteiger partial charge in [-0.25, -0.2) is 9.59 Å². The van der Waals surface area contributed by atoms with Gasteiger partial charge in [-0.05, 0) is 57.6 Å². The van der Waals surface area contributed by atoms with Crippen LogP contribution in [-0.2, 0) is 19.1 Å². The van der Waals surface area contributed by atoms with Gasteiger partial charge in [0.1, 0.15) is 0 Å². The number of carbonyl (C=O) groups excluding carboxylic acids is 4. The first kappa shape index (κ1) is 26.5. The molecule has 0 aliphatic carbocycles. The molecule has 2 fully saturated rings. The molecule has 4 amide bonds. The van der Waals surface area contributed by atoms with Crippen molar-refractivity contribution in [2.75, 3.05) is 46.4 Å². The third-order valence-electron chi connectivity index (χ3n) is 6.51. The Morgan fingerprint density at radius 3 is 2.34 bits per heavy atom. The minimum absolute atomic E-state index is 0.0222. The van der Waals surface area contributed by atoms with Gasteiger partial charge >= 0.3 is 12.0 Å². The molecule has 1 aromatic heterocycles. The Balaban J connectivity index is 1.46. The molecular formula is C24H36N4O7. The van der Waals surface area contributed by atoms with Gasteiger partial charge in [0.15, 0.2) is 11.8 Å². The molecule has 2 aliphatic rings. The Kier molecular flexibility index (Phi) is 8.42. The molecule has 1 unspecified atom stereocenters. The molecule has 2 saturated heterocycles. The Hall–Kier alpha value is -3.08. The van der Waals surface area contributed by atoms with Crippen molar-refractivity contribution in [1.82, 2.24) is 20.4 Å². The van der Waals surface area contributed by atoms with Crippen LogP contribution < -0.4 is 10.6 Å². The molecule has 0 aromatic carbocycles. The number of methoxy groups -OCH3 is 1. The summed E-state index contributed by atoms with van der Waals surface area (Å²) < 4.78 is 15.5. The van der Waals surface area contributed by atoms with Crippen LogP contribution in [0.15, 0.2) is 22.8 Å². The van der Waals surface area contributed by atoms with E-state index in [2.05, 4.69) is 10.6 Å². The SMILES string of the molecule is COC(=O)C(COC(C)(C)C)NC(=O)N1CCC2(CCN(C(=O)CNC(=O)c3ccco3)CC2)C1. The molecule has 0 radical (unpaired) electrons. The lowest BCUT2D eigenvalue weighted by molar-refractivity contribution is -0.146. The smallest absolute Gasteiger partial charge is 0.330 e. The van der Waals surface area contributed by atoms with E-state index in [1.165, 1.54) is 19.4 Å². The summed E-state index contributed by atoms with van der Waals surface area (Å²) in [7, 11) is 1.28. The topological polar surface area (TPSA) is 130 Å². The number of hydrogen-bond acceptors (Lipinski definition) is 7. The number of ether oxygens (including phenoxy) is 2. The van der Waals surface area contributed by atoms with Gasteiger partial charge in [0.05, 0.1) is 32.1 Å². The molecule has 11 nitrogen and oxygen atoms in total. The third kappa shape index (κ3) is 7.20. The van der Waals surface area contributed by atoms with Gasteiger partial charge in [0.2, 0.25) is 5.91 Å². The van der Waals surface area contributed by atoms with Crippen molar-refractivity contribution in [3.8, 4) is 0 Å². The number of likely N-dealkylation sites (tertiary alicyclic amines) is 2. The number of carbonyl (C=O) groups is 4. The molecule has 2 N–H and O–H groups in total. The van der Waals surface area contributed by atoms with Crippen molar-refractivity contribution >= 4 is 23.8 Å². The monoisotopic (exact) mass is 492 g/mol. The van der Waals surface area contributed by atoms with Gasteiger partial charge in [-0.3, -0.25) is 9.59 Å². The normalized spacial score (nSPS) is 18.3. The summed E-state index contributed by atoms with van der Waals surface area (Å²) in [6.07, 6.45) is 3.77. The number of amides is 4. The molecule has 3 heterocycles. The number of rotatable bonds is 7. The van der Waals surface area contributed by atoms with E-state index in [-0.39, 0.29) is 36.3 Å². The molecule has 1 atom stereocenters. The fraction of sp³-hybridized carbons (Fsp3) is 0.667. The molecule has 0 bridgehead atoms. The van der Waals surface area contributed by atoms with E-state index < -0.39 is 23.5 Å². The van der Waals surface area contributed by atoms with Gasteiger partial charge in [0, 0.05) is 26.2 Å². The second kappa shape index (κ2) is 11.1. The first-order valence-electron chi connectivity index (χ1n) is 11.9. The van der Waals surface area contributed by atoms with E-state index in [4.69, 9.17) is 13.9 Å². The number of nitrogens with one attached hydrogen (secondary N) is 2. The van der Waals surface area contributed by atoms with E-state index in [9.17, 15) is 19.2 Å². The van der Waals surface area contributed by atoms with Crippen molar-refractivity contribution in [3.63, 3.8) is 0 Å². The standard InChI is InChI=1S/C24H36N4O7/c1-23(2,3)35-15-17(21(31)33-4)26-22(32)28-12-9-24(16-28)7-10-27(11-8-24)19(29)14-25-20(30)18-6-5-13-34-18/h5-6,13,17H,7-12,14-16H2,1-4H3,(H,25,30)(H,26,32). The van der Waals surface area contributed by atoms with Crippen molar-refractivity contribution in [1.29, 1.82) is 0 Å². The summed E-state index contributed by atoms with van der Waals surface area (Å²) in [6, 6.07) is 1.94. The maximum Gasteiger partial charge on any atom is 0.330 e. The van der Waals surface area contributed by atoms with Gasteiger partial charge in [-0.2, -0.15) is 0 Å². The Morgan fingerprint density at radius 2 is 1.77 bits per heavy atom. The van der Waals surface area contributed by atoms with Crippen LogP contribution in [0.1, 0.15) is 50.6 Å². The van der Waals surface area contributed by atoms with Gasteiger partial charge in [0.25, 0.3) is 5.91 Å². The van der Waals surface area contributed by atoms with Gasteiger partial charge in [-0.15, -0.1) is 0 Å². The minimum Gasteiger partial charge on any atom is -0.467 e.